The van der Waals surface area contributed by atoms with Crippen molar-refractivity contribution in [3.05, 3.63) is 53.6 Å². The lowest BCUT2D eigenvalue weighted by atomic mass is 9.77. The summed E-state index contributed by atoms with van der Waals surface area (Å²) in [4.78, 5) is 46.7. The highest BCUT2D eigenvalue weighted by atomic mass is 16.5. The number of hydrogen-bond acceptors (Lipinski definition) is 5. The van der Waals surface area contributed by atoms with Crippen molar-refractivity contribution in [1.29, 1.82) is 0 Å². The quantitative estimate of drug-likeness (QED) is 0.663. The fraction of sp³-hybridized carbons (Fsp3) is 0.519. The number of benzene rings is 1. The van der Waals surface area contributed by atoms with Gasteiger partial charge in [0.1, 0.15) is 11.6 Å². The summed E-state index contributed by atoms with van der Waals surface area (Å²) in [7, 11) is 1.72. The van der Waals surface area contributed by atoms with Crippen molar-refractivity contribution in [2.75, 3.05) is 31.6 Å². The van der Waals surface area contributed by atoms with E-state index in [1.807, 2.05) is 63.3 Å². The van der Waals surface area contributed by atoms with Crippen LogP contribution in [0.4, 0.5) is 5.69 Å². The molecule has 3 amide bonds. The number of hydrogen-bond donors (Lipinski definition) is 1. The average Bonchev–Trinajstić information content (AvgIpc) is 3.16. The number of carbonyl (C=O) groups is 3. The minimum absolute atomic E-state index is 0.162. The Kier molecular flexibility index (Phi) is 5.84. The molecule has 0 saturated carbocycles. The number of amides is 3. The SMILES string of the molecule is CC[C@@H](CO)N1C(=O)[C@@H]2[C@@H]3C(=O)N(C)CC=C[C@@H]3O[C@@]23C=CCN(c2c(C)cccc2C)C(=O)C13. The summed E-state index contributed by atoms with van der Waals surface area (Å²) in [5.74, 6) is -2.28. The molecular weight excluding hydrogens is 446 g/mol. The lowest BCUT2D eigenvalue weighted by Crippen LogP contribution is -2.58. The van der Waals surface area contributed by atoms with E-state index in [1.165, 1.54) is 4.90 Å². The summed E-state index contributed by atoms with van der Waals surface area (Å²) in [6.45, 7) is 6.31. The number of aliphatic hydroxyl groups excluding tert-OH is 1. The molecular formula is C27H33N3O5. The topological polar surface area (TPSA) is 90.4 Å². The first-order valence-corrected chi connectivity index (χ1v) is 12.3. The third-order valence-corrected chi connectivity index (χ3v) is 8.08. The molecule has 1 aromatic rings. The molecule has 2 saturated heterocycles. The van der Waals surface area contributed by atoms with Crippen LogP contribution in [0.1, 0.15) is 24.5 Å². The minimum Gasteiger partial charge on any atom is -0.394 e. The van der Waals surface area contributed by atoms with Gasteiger partial charge >= 0.3 is 0 Å². The number of fused-ring (bicyclic) bond motifs is 2. The molecule has 0 aliphatic carbocycles. The third kappa shape index (κ3) is 3.30. The van der Waals surface area contributed by atoms with E-state index in [-0.39, 0.29) is 24.3 Å². The van der Waals surface area contributed by atoms with Crippen LogP contribution >= 0.6 is 0 Å². The highest BCUT2D eigenvalue weighted by Gasteiger charge is 2.72. The number of para-hydroxylation sites is 1. The number of aryl methyl sites for hydroxylation is 2. The molecule has 35 heavy (non-hydrogen) atoms. The number of rotatable bonds is 4. The second-order valence-electron chi connectivity index (χ2n) is 10.1. The van der Waals surface area contributed by atoms with Gasteiger partial charge in [0, 0.05) is 25.8 Å². The third-order valence-electron chi connectivity index (χ3n) is 8.08. The molecule has 4 aliphatic rings. The van der Waals surface area contributed by atoms with Gasteiger partial charge in [-0.15, -0.1) is 0 Å². The number of likely N-dealkylation sites (N-methyl/N-ethyl adjacent to an activating group) is 1. The maximum Gasteiger partial charge on any atom is 0.253 e. The number of ether oxygens (including phenoxy) is 1. The Morgan fingerprint density at radius 2 is 1.80 bits per heavy atom. The van der Waals surface area contributed by atoms with Crippen LogP contribution in [0.3, 0.4) is 0 Å². The highest BCUT2D eigenvalue weighted by molar-refractivity contribution is 6.06. The van der Waals surface area contributed by atoms with Gasteiger partial charge < -0.3 is 24.5 Å². The smallest absolute Gasteiger partial charge is 0.253 e. The Morgan fingerprint density at radius 1 is 1.09 bits per heavy atom. The van der Waals surface area contributed by atoms with E-state index < -0.39 is 35.6 Å². The second kappa shape index (κ2) is 8.60. The van der Waals surface area contributed by atoms with Crippen molar-refractivity contribution >= 4 is 23.4 Å². The van der Waals surface area contributed by atoms with Crippen molar-refractivity contribution in [2.45, 2.75) is 51.0 Å². The van der Waals surface area contributed by atoms with E-state index in [0.29, 0.717) is 19.5 Å². The van der Waals surface area contributed by atoms with Gasteiger partial charge in [0.15, 0.2) is 0 Å². The van der Waals surface area contributed by atoms with E-state index >= 15 is 0 Å². The number of carbonyl (C=O) groups excluding carboxylic acids is 3. The first kappa shape index (κ1) is 23.8. The predicted molar refractivity (Wildman–Crippen MR) is 131 cm³/mol. The van der Waals surface area contributed by atoms with Crippen LogP contribution in [0.5, 0.6) is 0 Å². The Morgan fingerprint density at radius 3 is 2.46 bits per heavy atom. The molecule has 8 heteroatoms. The van der Waals surface area contributed by atoms with Crippen LogP contribution in [0.2, 0.25) is 0 Å². The van der Waals surface area contributed by atoms with Crippen LogP contribution < -0.4 is 4.90 Å². The average molecular weight is 480 g/mol. The van der Waals surface area contributed by atoms with Crippen LogP contribution in [-0.2, 0) is 19.1 Å². The molecule has 1 spiro atoms. The number of anilines is 1. The highest BCUT2D eigenvalue weighted by Crippen LogP contribution is 2.54. The Hall–Kier alpha value is -2.97. The lowest BCUT2D eigenvalue weighted by molar-refractivity contribution is -0.146. The largest absolute Gasteiger partial charge is 0.394 e. The zero-order valence-corrected chi connectivity index (χ0v) is 20.7. The summed E-state index contributed by atoms with van der Waals surface area (Å²) < 4.78 is 6.60. The van der Waals surface area contributed by atoms with Gasteiger partial charge in [-0.3, -0.25) is 14.4 Å². The standard InChI is InChI=1S/C27H33N3O5/c1-5-18(15-31)30-23-26(34)29(22-16(2)9-6-10-17(22)3)14-8-12-27(23)21(25(30)33)20-19(35-27)11-7-13-28(4)24(20)32/h6-12,18-21,23,31H,5,13-15H2,1-4H3/t18-,19-,20+,21-,23?,27-/m0/s1. The van der Waals surface area contributed by atoms with E-state index in [1.54, 1.807) is 16.8 Å². The fourth-order valence-electron chi connectivity index (χ4n) is 6.44. The fourth-order valence-corrected chi connectivity index (χ4v) is 6.44. The summed E-state index contributed by atoms with van der Waals surface area (Å²) in [6, 6.07) is 4.35. The Balaban J connectivity index is 1.68. The number of aliphatic hydroxyl groups is 1. The molecule has 6 atom stereocenters. The monoisotopic (exact) mass is 479 g/mol. The van der Waals surface area contributed by atoms with Gasteiger partial charge in [-0.05, 0) is 31.4 Å². The van der Waals surface area contributed by atoms with Gasteiger partial charge in [0.05, 0.1) is 30.6 Å². The van der Waals surface area contributed by atoms with Crippen LogP contribution in [-0.4, -0.2) is 83.2 Å². The lowest BCUT2D eigenvalue weighted by Gasteiger charge is -2.38. The normalized spacial score (nSPS) is 32.9. The maximum atomic E-state index is 14.4. The summed E-state index contributed by atoms with van der Waals surface area (Å²) in [6.07, 6.45) is 7.34. The minimum atomic E-state index is -1.28. The maximum absolute atomic E-state index is 14.4. The van der Waals surface area contributed by atoms with E-state index in [0.717, 1.165) is 16.8 Å². The van der Waals surface area contributed by atoms with Crippen molar-refractivity contribution < 1.29 is 24.2 Å². The van der Waals surface area contributed by atoms with Crippen LogP contribution in [0.25, 0.3) is 0 Å². The van der Waals surface area contributed by atoms with Gasteiger partial charge in [0.2, 0.25) is 11.8 Å². The molecule has 5 rings (SSSR count). The molecule has 0 bridgehead atoms. The molecule has 8 nitrogen and oxygen atoms in total. The molecule has 4 heterocycles. The van der Waals surface area contributed by atoms with E-state index in [9.17, 15) is 19.5 Å². The van der Waals surface area contributed by atoms with Gasteiger partial charge in [0.25, 0.3) is 5.91 Å². The Bertz CT molecular complexity index is 1110. The van der Waals surface area contributed by atoms with E-state index in [4.69, 9.17) is 4.74 Å². The van der Waals surface area contributed by atoms with Crippen molar-refractivity contribution in [2.24, 2.45) is 11.8 Å². The molecule has 1 N–H and O–H groups in total. The zero-order valence-electron chi connectivity index (χ0n) is 20.7. The molecule has 2 fully saturated rings. The second-order valence-corrected chi connectivity index (χ2v) is 10.1. The molecule has 0 aromatic heterocycles. The van der Waals surface area contributed by atoms with Crippen LogP contribution in [0, 0.1) is 25.7 Å². The van der Waals surface area contributed by atoms with Crippen molar-refractivity contribution in [1.82, 2.24) is 9.80 Å². The van der Waals surface area contributed by atoms with Gasteiger partial charge in [-0.1, -0.05) is 49.4 Å². The summed E-state index contributed by atoms with van der Waals surface area (Å²) in [5, 5.41) is 10.2. The first-order valence-electron chi connectivity index (χ1n) is 12.3. The first-order chi connectivity index (χ1) is 16.8. The predicted octanol–water partition coefficient (Wildman–Crippen LogP) is 1.59. The molecule has 1 unspecified atom stereocenters. The number of likely N-dealkylation sites (tertiary alicyclic amines) is 1. The molecule has 186 valence electrons. The summed E-state index contributed by atoms with van der Waals surface area (Å²) in [5.41, 5.74) is 1.45. The zero-order chi connectivity index (χ0) is 25.1. The van der Waals surface area contributed by atoms with Crippen LogP contribution in [0.15, 0.2) is 42.5 Å². The van der Waals surface area contributed by atoms with Crippen molar-refractivity contribution in [3.8, 4) is 0 Å². The van der Waals surface area contributed by atoms with Gasteiger partial charge in [-0.2, -0.15) is 0 Å². The van der Waals surface area contributed by atoms with Crippen molar-refractivity contribution in [3.63, 3.8) is 0 Å². The van der Waals surface area contributed by atoms with E-state index in [2.05, 4.69) is 0 Å². The molecule has 1 aromatic carbocycles. The number of nitrogens with zero attached hydrogens (tertiary/aromatic N) is 3. The molecule has 4 aliphatic heterocycles. The summed E-state index contributed by atoms with van der Waals surface area (Å²) >= 11 is 0. The molecule has 0 radical (unpaired) electrons. The van der Waals surface area contributed by atoms with Gasteiger partial charge in [-0.25, -0.2) is 0 Å². The Labute approximate surface area is 205 Å².